The molecule has 138 valence electrons. The number of piperidine rings is 1. The van der Waals surface area contributed by atoms with Gasteiger partial charge in [0.05, 0.1) is 5.92 Å². The van der Waals surface area contributed by atoms with E-state index in [-0.39, 0.29) is 29.6 Å². The third kappa shape index (κ3) is 3.59. The number of likely N-dealkylation sites (tertiary alicyclic amines) is 1. The van der Waals surface area contributed by atoms with E-state index in [1.807, 2.05) is 17.0 Å². The zero-order chi connectivity index (χ0) is 18.1. The number of nitrogens with zero attached hydrogens (tertiary/aromatic N) is 2. The van der Waals surface area contributed by atoms with Crippen molar-refractivity contribution in [3.05, 3.63) is 24.3 Å². The number of benzene rings is 1. The third-order valence-corrected chi connectivity index (χ3v) is 5.51. The lowest BCUT2D eigenvalue weighted by Crippen LogP contribution is -2.41. The van der Waals surface area contributed by atoms with Crippen LogP contribution >= 0.6 is 0 Å². The van der Waals surface area contributed by atoms with E-state index in [0.717, 1.165) is 31.5 Å². The predicted octanol–water partition coefficient (Wildman–Crippen LogP) is 2.37. The van der Waals surface area contributed by atoms with Gasteiger partial charge in [-0.3, -0.25) is 14.4 Å². The molecule has 0 aromatic heterocycles. The van der Waals surface area contributed by atoms with Crippen LogP contribution in [0.2, 0.25) is 0 Å². The molecule has 0 unspecified atom stereocenters. The highest BCUT2D eigenvalue weighted by Crippen LogP contribution is 2.32. The summed E-state index contributed by atoms with van der Waals surface area (Å²) in [5.41, 5.74) is 0.846. The Labute approximate surface area is 153 Å². The van der Waals surface area contributed by atoms with Gasteiger partial charge in [-0.1, -0.05) is 0 Å². The maximum absolute atomic E-state index is 12.4. The van der Waals surface area contributed by atoms with Gasteiger partial charge in [0.1, 0.15) is 5.75 Å². The molecule has 1 aliphatic carbocycles. The number of anilines is 1. The van der Waals surface area contributed by atoms with Crippen LogP contribution in [0, 0.1) is 11.8 Å². The van der Waals surface area contributed by atoms with Crippen LogP contribution in [0.15, 0.2) is 24.3 Å². The molecule has 6 heteroatoms. The lowest BCUT2D eigenvalue weighted by molar-refractivity contribution is -0.143. The summed E-state index contributed by atoms with van der Waals surface area (Å²) in [5, 5.41) is 0. The number of rotatable bonds is 4. The Morgan fingerprint density at radius 3 is 2.19 bits per heavy atom. The average molecular weight is 356 g/mol. The van der Waals surface area contributed by atoms with Crippen molar-refractivity contribution in [2.45, 2.75) is 38.5 Å². The fourth-order valence-electron chi connectivity index (χ4n) is 3.74. The topological polar surface area (TPSA) is 66.9 Å². The summed E-state index contributed by atoms with van der Waals surface area (Å²) in [7, 11) is 0. The van der Waals surface area contributed by atoms with Crippen LogP contribution in [0.25, 0.3) is 0 Å². The van der Waals surface area contributed by atoms with Crippen LogP contribution in [0.5, 0.6) is 5.75 Å². The largest absolute Gasteiger partial charge is 0.426 e. The molecule has 26 heavy (non-hydrogen) atoms. The number of esters is 1. The molecular weight excluding hydrogens is 332 g/mol. The van der Waals surface area contributed by atoms with Crippen molar-refractivity contribution < 1.29 is 19.1 Å². The normalized spacial score (nSPS) is 21.2. The fourth-order valence-corrected chi connectivity index (χ4v) is 3.74. The molecule has 2 heterocycles. The van der Waals surface area contributed by atoms with Gasteiger partial charge in [-0.05, 0) is 56.4 Å². The monoisotopic (exact) mass is 356 g/mol. The first-order valence-electron chi connectivity index (χ1n) is 9.53. The quantitative estimate of drug-likeness (QED) is 0.614. The molecular formula is C20H24N2O4. The molecule has 0 N–H and O–H groups in total. The molecule has 2 saturated heterocycles. The third-order valence-electron chi connectivity index (χ3n) is 5.51. The molecule has 2 aliphatic heterocycles. The molecule has 2 amide bonds. The van der Waals surface area contributed by atoms with Crippen LogP contribution in [0.3, 0.4) is 0 Å². The number of carbonyl (C=O) groups excluding carboxylic acids is 3. The molecule has 3 aliphatic rings. The molecule has 4 rings (SSSR count). The average Bonchev–Trinajstić information content (AvgIpc) is 3.43. The molecule has 3 fully saturated rings. The predicted molar refractivity (Wildman–Crippen MR) is 95.7 cm³/mol. The van der Waals surface area contributed by atoms with E-state index < -0.39 is 0 Å². The van der Waals surface area contributed by atoms with E-state index in [0.29, 0.717) is 38.1 Å². The van der Waals surface area contributed by atoms with Gasteiger partial charge in [0.2, 0.25) is 11.8 Å². The second-order valence-electron chi connectivity index (χ2n) is 7.44. The maximum atomic E-state index is 12.4. The van der Waals surface area contributed by atoms with Gasteiger partial charge in [0.15, 0.2) is 0 Å². The van der Waals surface area contributed by atoms with E-state index >= 15 is 0 Å². The van der Waals surface area contributed by atoms with E-state index in [9.17, 15) is 14.4 Å². The number of hydrogen-bond acceptors (Lipinski definition) is 4. The van der Waals surface area contributed by atoms with Crippen molar-refractivity contribution in [3.63, 3.8) is 0 Å². The Bertz CT molecular complexity index is 703. The van der Waals surface area contributed by atoms with Crippen LogP contribution in [-0.4, -0.2) is 42.3 Å². The highest BCUT2D eigenvalue weighted by molar-refractivity contribution is 5.95. The smallest absolute Gasteiger partial charge is 0.314 e. The van der Waals surface area contributed by atoms with Crippen LogP contribution in [0.1, 0.15) is 38.5 Å². The van der Waals surface area contributed by atoms with E-state index in [4.69, 9.17) is 4.74 Å². The lowest BCUT2D eigenvalue weighted by atomic mass is 9.96. The molecule has 1 saturated carbocycles. The van der Waals surface area contributed by atoms with E-state index in [1.54, 1.807) is 17.0 Å². The van der Waals surface area contributed by atoms with Crippen molar-refractivity contribution >= 4 is 23.5 Å². The van der Waals surface area contributed by atoms with E-state index in [1.165, 1.54) is 0 Å². The van der Waals surface area contributed by atoms with Crippen molar-refractivity contribution in [2.24, 2.45) is 11.8 Å². The molecule has 0 atom stereocenters. The Morgan fingerprint density at radius 2 is 1.62 bits per heavy atom. The van der Waals surface area contributed by atoms with Gasteiger partial charge >= 0.3 is 5.97 Å². The zero-order valence-electron chi connectivity index (χ0n) is 14.9. The summed E-state index contributed by atoms with van der Waals surface area (Å²) < 4.78 is 5.51. The summed E-state index contributed by atoms with van der Waals surface area (Å²) in [6.45, 7) is 2.03. The van der Waals surface area contributed by atoms with Crippen molar-refractivity contribution in [1.29, 1.82) is 0 Å². The zero-order valence-corrected chi connectivity index (χ0v) is 14.9. The minimum Gasteiger partial charge on any atom is -0.426 e. The fraction of sp³-hybridized carbons (Fsp3) is 0.550. The maximum Gasteiger partial charge on any atom is 0.314 e. The van der Waals surface area contributed by atoms with Gasteiger partial charge in [-0.15, -0.1) is 0 Å². The Hall–Kier alpha value is -2.37. The molecule has 0 spiro atoms. The second kappa shape index (κ2) is 7.09. The summed E-state index contributed by atoms with van der Waals surface area (Å²) >= 11 is 0. The van der Waals surface area contributed by atoms with Crippen LogP contribution in [0.4, 0.5) is 5.69 Å². The molecule has 1 aromatic carbocycles. The number of ether oxygens (including phenoxy) is 1. The van der Waals surface area contributed by atoms with Crippen molar-refractivity contribution in [1.82, 2.24) is 4.90 Å². The Kier molecular flexibility index (Phi) is 4.66. The minimum absolute atomic E-state index is 0.141. The standard InChI is InChI=1S/C20H24N2O4/c23-18-2-1-11-22(18)16-5-7-17(8-6-16)26-20(25)15-9-12-21(13-10-15)19(24)14-3-4-14/h5-8,14-15H,1-4,9-13H2. The summed E-state index contributed by atoms with van der Waals surface area (Å²) in [5.74, 6) is 0.749. The van der Waals surface area contributed by atoms with Crippen LogP contribution < -0.4 is 9.64 Å². The van der Waals surface area contributed by atoms with Gasteiger partial charge in [0, 0.05) is 37.7 Å². The van der Waals surface area contributed by atoms with Gasteiger partial charge in [-0.2, -0.15) is 0 Å². The highest BCUT2D eigenvalue weighted by Gasteiger charge is 2.36. The SMILES string of the molecule is O=C(Oc1ccc(N2CCCC2=O)cc1)C1CCN(C(=O)C2CC2)CC1. The summed E-state index contributed by atoms with van der Waals surface area (Å²) in [4.78, 5) is 39.9. The van der Waals surface area contributed by atoms with Gasteiger partial charge in [0.25, 0.3) is 0 Å². The van der Waals surface area contributed by atoms with E-state index in [2.05, 4.69) is 0 Å². The Morgan fingerprint density at radius 1 is 0.923 bits per heavy atom. The first-order chi connectivity index (χ1) is 12.6. The van der Waals surface area contributed by atoms with Crippen molar-refractivity contribution in [3.8, 4) is 5.75 Å². The number of hydrogen-bond donors (Lipinski definition) is 0. The molecule has 1 aromatic rings. The highest BCUT2D eigenvalue weighted by atomic mass is 16.5. The minimum atomic E-state index is -0.228. The summed E-state index contributed by atoms with van der Waals surface area (Å²) in [6.07, 6.45) is 4.84. The molecule has 0 bridgehead atoms. The van der Waals surface area contributed by atoms with Crippen molar-refractivity contribution in [2.75, 3.05) is 24.5 Å². The summed E-state index contributed by atoms with van der Waals surface area (Å²) in [6, 6.07) is 7.13. The molecule has 6 nitrogen and oxygen atoms in total. The van der Waals surface area contributed by atoms with Gasteiger partial charge < -0.3 is 14.5 Å². The first kappa shape index (κ1) is 17.1. The first-order valence-corrected chi connectivity index (χ1v) is 9.53. The van der Waals surface area contributed by atoms with Gasteiger partial charge in [-0.25, -0.2) is 0 Å². The molecule has 0 radical (unpaired) electrons. The lowest BCUT2D eigenvalue weighted by Gasteiger charge is -2.31. The number of amides is 2. The number of carbonyl (C=O) groups is 3. The second-order valence-corrected chi connectivity index (χ2v) is 7.44. The van der Waals surface area contributed by atoms with Crippen LogP contribution in [-0.2, 0) is 14.4 Å². The Balaban J connectivity index is 1.29.